The highest BCUT2D eigenvalue weighted by atomic mass is 16.5. The molecule has 1 aliphatic carbocycles. The van der Waals surface area contributed by atoms with Crippen molar-refractivity contribution in [3.63, 3.8) is 0 Å². The molecular formula is C10H20N2O. The first-order valence-corrected chi connectivity index (χ1v) is 5.49. The lowest BCUT2D eigenvalue weighted by Gasteiger charge is -2.27. The molecule has 2 aliphatic rings. The lowest BCUT2D eigenvalue weighted by molar-refractivity contribution is 0.0585. The van der Waals surface area contributed by atoms with Gasteiger partial charge in [-0.15, -0.1) is 0 Å². The third kappa shape index (κ3) is 2.03. The lowest BCUT2D eigenvalue weighted by atomic mass is 9.93. The van der Waals surface area contributed by atoms with Gasteiger partial charge in [0.15, 0.2) is 0 Å². The van der Waals surface area contributed by atoms with Crippen LogP contribution in [0.25, 0.3) is 0 Å². The smallest absolute Gasteiger partial charge is 0.0745 e. The zero-order chi connectivity index (χ0) is 9.10. The van der Waals surface area contributed by atoms with E-state index in [0.717, 1.165) is 12.5 Å². The van der Waals surface area contributed by atoms with Crippen molar-refractivity contribution in [2.75, 3.05) is 6.61 Å². The minimum absolute atomic E-state index is 0.382. The third-order valence-electron chi connectivity index (χ3n) is 3.47. The second kappa shape index (κ2) is 4.40. The number of hydrogen-bond acceptors (Lipinski definition) is 3. The van der Waals surface area contributed by atoms with E-state index in [9.17, 15) is 0 Å². The molecule has 3 heteroatoms. The van der Waals surface area contributed by atoms with Crippen molar-refractivity contribution in [2.24, 2.45) is 11.8 Å². The van der Waals surface area contributed by atoms with Gasteiger partial charge in [-0.05, 0) is 31.6 Å². The molecule has 0 aromatic rings. The Hall–Kier alpha value is -0.120. The van der Waals surface area contributed by atoms with Gasteiger partial charge in [-0.2, -0.15) is 0 Å². The van der Waals surface area contributed by atoms with Crippen molar-refractivity contribution in [2.45, 2.75) is 50.7 Å². The maximum atomic E-state index is 5.68. The summed E-state index contributed by atoms with van der Waals surface area (Å²) in [6.07, 6.45) is 8.17. The predicted molar refractivity (Wildman–Crippen MR) is 52.0 cm³/mol. The Morgan fingerprint density at radius 2 is 1.92 bits per heavy atom. The van der Waals surface area contributed by atoms with Gasteiger partial charge in [-0.25, -0.2) is 0 Å². The molecule has 2 fully saturated rings. The van der Waals surface area contributed by atoms with Crippen molar-refractivity contribution in [3.05, 3.63) is 0 Å². The zero-order valence-electron chi connectivity index (χ0n) is 8.17. The van der Waals surface area contributed by atoms with Crippen LogP contribution < -0.4 is 11.3 Å². The Bertz CT molecular complexity index is 135. The highest BCUT2D eigenvalue weighted by Crippen LogP contribution is 2.31. The van der Waals surface area contributed by atoms with Gasteiger partial charge in [0.2, 0.25) is 0 Å². The molecule has 1 heterocycles. The van der Waals surface area contributed by atoms with Crippen LogP contribution in [0, 0.1) is 5.92 Å². The average molecular weight is 184 g/mol. The maximum absolute atomic E-state index is 5.68. The number of hydrazine groups is 1. The Morgan fingerprint density at radius 3 is 2.46 bits per heavy atom. The molecule has 0 spiro atoms. The van der Waals surface area contributed by atoms with Crippen molar-refractivity contribution >= 4 is 0 Å². The van der Waals surface area contributed by atoms with Gasteiger partial charge in [0.1, 0.15) is 0 Å². The van der Waals surface area contributed by atoms with Crippen LogP contribution in [0.5, 0.6) is 0 Å². The maximum Gasteiger partial charge on any atom is 0.0745 e. The fourth-order valence-electron chi connectivity index (χ4n) is 2.75. The summed E-state index contributed by atoms with van der Waals surface area (Å²) in [5, 5.41) is 0. The Morgan fingerprint density at radius 1 is 1.15 bits per heavy atom. The van der Waals surface area contributed by atoms with Crippen LogP contribution in [0.3, 0.4) is 0 Å². The van der Waals surface area contributed by atoms with E-state index in [-0.39, 0.29) is 0 Å². The molecule has 3 nitrogen and oxygen atoms in total. The zero-order valence-corrected chi connectivity index (χ0v) is 8.17. The molecule has 3 N–H and O–H groups in total. The van der Waals surface area contributed by atoms with Crippen LogP contribution >= 0.6 is 0 Å². The Labute approximate surface area is 80.0 Å². The first kappa shape index (κ1) is 9.44. The number of rotatable bonds is 3. The highest BCUT2D eigenvalue weighted by molar-refractivity contribution is 4.87. The molecule has 1 saturated heterocycles. The molecular weight excluding hydrogens is 164 g/mol. The summed E-state index contributed by atoms with van der Waals surface area (Å²) in [5.41, 5.74) is 2.96. The number of ether oxygens (including phenoxy) is 1. The van der Waals surface area contributed by atoms with Crippen LogP contribution in [0.4, 0.5) is 0 Å². The van der Waals surface area contributed by atoms with Crippen molar-refractivity contribution in [1.82, 2.24) is 5.43 Å². The van der Waals surface area contributed by atoms with Crippen LogP contribution in [-0.4, -0.2) is 18.8 Å². The van der Waals surface area contributed by atoms with E-state index in [2.05, 4.69) is 5.43 Å². The summed E-state index contributed by atoms with van der Waals surface area (Å²) in [6.45, 7) is 0.926. The van der Waals surface area contributed by atoms with Crippen molar-refractivity contribution < 1.29 is 4.74 Å². The number of nitrogens with one attached hydrogen (secondary N) is 1. The van der Waals surface area contributed by atoms with Gasteiger partial charge in [0.25, 0.3) is 0 Å². The SMILES string of the molecule is NNC(C1CCCC1)C1CCCO1. The quantitative estimate of drug-likeness (QED) is 0.511. The van der Waals surface area contributed by atoms with Crippen LogP contribution in [0.1, 0.15) is 38.5 Å². The van der Waals surface area contributed by atoms with E-state index in [0.29, 0.717) is 12.1 Å². The lowest BCUT2D eigenvalue weighted by Crippen LogP contribution is -2.48. The fourth-order valence-corrected chi connectivity index (χ4v) is 2.75. The highest BCUT2D eigenvalue weighted by Gasteiger charge is 2.33. The molecule has 2 rings (SSSR count). The van der Waals surface area contributed by atoms with Crippen molar-refractivity contribution in [1.29, 1.82) is 0 Å². The summed E-state index contributed by atoms with van der Waals surface area (Å²) in [7, 11) is 0. The first-order chi connectivity index (χ1) is 6.42. The van der Waals surface area contributed by atoms with Gasteiger partial charge in [-0.1, -0.05) is 12.8 Å². The standard InChI is InChI=1S/C10H20N2O/c11-12-10(8-4-1-2-5-8)9-6-3-7-13-9/h8-10,12H,1-7,11H2. The van der Waals surface area contributed by atoms with E-state index < -0.39 is 0 Å². The molecule has 0 bridgehead atoms. The molecule has 2 atom stereocenters. The molecule has 1 aliphatic heterocycles. The first-order valence-electron chi connectivity index (χ1n) is 5.49. The molecule has 0 amide bonds. The van der Waals surface area contributed by atoms with E-state index in [1.807, 2.05) is 0 Å². The molecule has 2 unspecified atom stereocenters. The van der Waals surface area contributed by atoms with Crippen LogP contribution in [-0.2, 0) is 4.74 Å². The number of nitrogens with two attached hydrogens (primary N) is 1. The minimum Gasteiger partial charge on any atom is -0.377 e. The van der Waals surface area contributed by atoms with Crippen LogP contribution in [0.2, 0.25) is 0 Å². The molecule has 0 radical (unpaired) electrons. The Kier molecular flexibility index (Phi) is 3.19. The van der Waals surface area contributed by atoms with E-state index in [1.165, 1.54) is 38.5 Å². The van der Waals surface area contributed by atoms with E-state index >= 15 is 0 Å². The molecule has 1 saturated carbocycles. The van der Waals surface area contributed by atoms with Gasteiger partial charge in [0, 0.05) is 6.61 Å². The molecule has 0 aromatic carbocycles. The summed E-state index contributed by atoms with van der Waals surface area (Å²) < 4.78 is 5.68. The van der Waals surface area contributed by atoms with Gasteiger partial charge in [0.05, 0.1) is 12.1 Å². The topological polar surface area (TPSA) is 47.3 Å². The summed E-state index contributed by atoms with van der Waals surface area (Å²) >= 11 is 0. The van der Waals surface area contributed by atoms with Gasteiger partial charge < -0.3 is 4.74 Å². The third-order valence-corrected chi connectivity index (χ3v) is 3.47. The van der Waals surface area contributed by atoms with Gasteiger partial charge in [-0.3, -0.25) is 11.3 Å². The predicted octanol–water partition coefficient (Wildman–Crippen LogP) is 1.19. The largest absolute Gasteiger partial charge is 0.377 e. The second-order valence-corrected chi connectivity index (χ2v) is 4.29. The average Bonchev–Trinajstić information content (AvgIpc) is 2.76. The van der Waals surface area contributed by atoms with Crippen LogP contribution in [0.15, 0.2) is 0 Å². The molecule has 13 heavy (non-hydrogen) atoms. The minimum atomic E-state index is 0.382. The summed E-state index contributed by atoms with van der Waals surface area (Å²) in [6, 6.07) is 0.407. The fraction of sp³-hybridized carbons (Fsp3) is 1.00. The summed E-state index contributed by atoms with van der Waals surface area (Å²) in [4.78, 5) is 0. The second-order valence-electron chi connectivity index (χ2n) is 4.29. The van der Waals surface area contributed by atoms with E-state index in [1.54, 1.807) is 0 Å². The normalized spacial score (nSPS) is 32.5. The van der Waals surface area contributed by atoms with Crippen molar-refractivity contribution in [3.8, 4) is 0 Å². The molecule has 0 aromatic heterocycles. The monoisotopic (exact) mass is 184 g/mol. The number of hydrogen-bond donors (Lipinski definition) is 2. The van der Waals surface area contributed by atoms with E-state index in [4.69, 9.17) is 10.6 Å². The Balaban J connectivity index is 1.90. The summed E-state index contributed by atoms with van der Waals surface area (Å²) in [5.74, 6) is 6.36. The van der Waals surface area contributed by atoms with Gasteiger partial charge >= 0.3 is 0 Å². The molecule has 76 valence electrons.